The van der Waals surface area contributed by atoms with E-state index in [9.17, 15) is 13.2 Å². The molecule has 8 nitrogen and oxygen atoms in total. The van der Waals surface area contributed by atoms with Gasteiger partial charge in [-0.2, -0.15) is 18.2 Å². The quantitative estimate of drug-likeness (QED) is 0.786. The molecule has 0 aromatic carbocycles. The highest BCUT2D eigenvalue weighted by Crippen LogP contribution is 2.30. The second-order valence-electron chi connectivity index (χ2n) is 6.00. The van der Waals surface area contributed by atoms with Gasteiger partial charge in [0.1, 0.15) is 18.0 Å². The molecule has 2 N–H and O–H groups in total. The van der Waals surface area contributed by atoms with Crippen molar-refractivity contribution < 1.29 is 17.9 Å². The Morgan fingerprint density at radius 3 is 2.78 bits per heavy atom. The van der Waals surface area contributed by atoms with Gasteiger partial charge in [0.2, 0.25) is 11.8 Å². The summed E-state index contributed by atoms with van der Waals surface area (Å²) in [6.45, 7) is 1.18. The lowest BCUT2D eigenvalue weighted by Gasteiger charge is -2.26. The summed E-state index contributed by atoms with van der Waals surface area (Å²) in [5.74, 6) is 1.20. The molecule has 3 rings (SSSR count). The number of aromatic nitrogens is 4. The Hall–Kier alpha value is -2.85. The van der Waals surface area contributed by atoms with Crippen LogP contribution < -0.4 is 20.3 Å². The minimum atomic E-state index is -4.57. The van der Waals surface area contributed by atoms with Gasteiger partial charge in [-0.15, -0.1) is 0 Å². The molecule has 146 valence electrons. The summed E-state index contributed by atoms with van der Waals surface area (Å²) in [4.78, 5) is 18.0. The molecular formula is C16H20F3N7O. The van der Waals surface area contributed by atoms with E-state index in [2.05, 4.69) is 35.5 Å². The SMILES string of the molecule is CNc1cc(N2CCCC2CNc2nc(OC)cc(C(F)(F)F)n2)ncn1. The molecule has 0 bridgehead atoms. The number of hydrogen-bond donors (Lipinski definition) is 2. The van der Waals surface area contributed by atoms with Crippen LogP contribution in [0.1, 0.15) is 18.5 Å². The third-order valence-corrected chi connectivity index (χ3v) is 4.28. The first kappa shape index (κ1) is 18.9. The first-order chi connectivity index (χ1) is 12.9. The molecule has 1 fully saturated rings. The Balaban J connectivity index is 1.73. The van der Waals surface area contributed by atoms with Gasteiger partial charge in [-0.3, -0.25) is 0 Å². The van der Waals surface area contributed by atoms with E-state index < -0.39 is 11.9 Å². The molecule has 0 aliphatic carbocycles. The lowest BCUT2D eigenvalue weighted by atomic mass is 10.2. The fourth-order valence-corrected chi connectivity index (χ4v) is 2.95. The highest BCUT2D eigenvalue weighted by Gasteiger charge is 2.34. The first-order valence-electron chi connectivity index (χ1n) is 8.41. The van der Waals surface area contributed by atoms with Crippen LogP contribution >= 0.6 is 0 Å². The number of nitrogens with one attached hydrogen (secondary N) is 2. The maximum Gasteiger partial charge on any atom is 0.433 e. The molecule has 1 aliphatic rings. The fourth-order valence-electron chi connectivity index (χ4n) is 2.95. The number of halogens is 3. The van der Waals surface area contributed by atoms with Crippen LogP contribution in [-0.2, 0) is 6.18 Å². The number of methoxy groups -OCH3 is 1. The van der Waals surface area contributed by atoms with Gasteiger partial charge in [-0.25, -0.2) is 15.0 Å². The third kappa shape index (κ3) is 4.47. The number of ether oxygens (including phenoxy) is 1. The smallest absolute Gasteiger partial charge is 0.433 e. The molecule has 27 heavy (non-hydrogen) atoms. The van der Waals surface area contributed by atoms with Crippen LogP contribution in [0.15, 0.2) is 18.5 Å². The molecule has 1 saturated heterocycles. The summed E-state index contributed by atoms with van der Waals surface area (Å²) >= 11 is 0. The standard InChI is InChI=1S/C16H20F3N7O/c1-20-12-7-13(23-9-22-12)26-5-3-4-10(26)8-21-15-24-11(16(17,18)19)6-14(25-15)27-2/h6-7,9-10H,3-5,8H2,1-2H3,(H,20,22,23)(H,21,24,25). The van der Waals surface area contributed by atoms with Crippen molar-refractivity contribution in [2.75, 3.05) is 42.8 Å². The average molecular weight is 383 g/mol. The molecule has 1 unspecified atom stereocenters. The molecule has 0 saturated carbocycles. The van der Waals surface area contributed by atoms with Gasteiger partial charge in [0.15, 0.2) is 5.69 Å². The van der Waals surface area contributed by atoms with Crippen molar-refractivity contribution in [1.82, 2.24) is 19.9 Å². The number of alkyl halides is 3. The van der Waals surface area contributed by atoms with Crippen LogP contribution in [0, 0.1) is 0 Å². The van der Waals surface area contributed by atoms with Crippen molar-refractivity contribution in [2.24, 2.45) is 0 Å². The van der Waals surface area contributed by atoms with Crippen molar-refractivity contribution >= 4 is 17.6 Å². The summed E-state index contributed by atoms with van der Waals surface area (Å²) < 4.78 is 43.8. The van der Waals surface area contributed by atoms with Gasteiger partial charge in [0.05, 0.1) is 7.11 Å². The minimum absolute atomic E-state index is 0.0498. The fraction of sp³-hybridized carbons (Fsp3) is 0.500. The molecule has 1 aliphatic heterocycles. The van der Waals surface area contributed by atoms with E-state index in [0.717, 1.165) is 31.3 Å². The van der Waals surface area contributed by atoms with Gasteiger partial charge in [-0.1, -0.05) is 0 Å². The maximum atomic E-state index is 13.0. The minimum Gasteiger partial charge on any atom is -0.481 e. The van der Waals surface area contributed by atoms with E-state index in [1.165, 1.54) is 13.4 Å². The van der Waals surface area contributed by atoms with E-state index >= 15 is 0 Å². The van der Waals surface area contributed by atoms with Crippen molar-refractivity contribution in [3.05, 3.63) is 24.2 Å². The first-order valence-corrected chi connectivity index (χ1v) is 8.41. The van der Waals surface area contributed by atoms with Crippen LogP contribution in [0.2, 0.25) is 0 Å². The Kier molecular flexibility index (Phi) is 5.47. The van der Waals surface area contributed by atoms with Gasteiger partial charge in [0, 0.05) is 38.3 Å². The maximum absolute atomic E-state index is 13.0. The Morgan fingerprint density at radius 1 is 1.26 bits per heavy atom. The molecule has 3 heterocycles. The summed E-state index contributed by atoms with van der Waals surface area (Å²) in [6.07, 6.45) is -1.26. The van der Waals surface area contributed by atoms with Crippen molar-refractivity contribution in [2.45, 2.75) is 25.1 Å². The van der Waals surface area contributed by atoms with Crippen LogP contribution in [0.3, 0.4) is 0 Å². The van der Waals surface area contributed by atoms with Gasteiger partial charge >= 0.3 is 6.18 Å². The summed E-state index contributed by atoms with van der Waals surface area (Å²) in [5.41, 5.74) is -1.05. The third-order valence-electron chi connectivity index (χ3n) is 4.28. The number of anilines is 3. The van der Waals surface area contributed by atoms with Crippen molar-refractivity contribution in [3.63, 3.8) is 0 Å². The van der Waals surface area contributed by atoms with Gasteiger partial charge in [-0.05, 0) is 12.8 Å². The lowest BCUT2D eigenvalue weighted by Crippen LogP contribution is -2.36. The number of rotatable bonds is 6. The Bertz CT molecular complexity index is 787. The van der Waals surface area contributed by atoms with Crippen LogP contribution in [-0.4, -0.2) is 53.2 Å². The van der Waals surface area contributed by atoms with Crippen LogP contribution in [0.5, 0.6) is 5.88 Å². The summed E-state index contributed by atoms with van der Waals surface area (Å²) in [5, 5.41) is 5.86. The van der Waals surface area contributed by atoms with E-state index in [-0.39, 0.29) is 17.9 Å². The normalized spacial score (nSPS) is 17.1. The monoisotopic (exact) mass is 383 g/mol. The molecular weight excluding hydrogens is 363 g/mol. The van der Waals surface area contributed by atoms with Gasteiger partial charge < -0.3 is 20.3 Å². The Labute approximate surface area is 154 Å². The summed E-state index contributed by atoms with van der Waals surface area (Å²) in [6, 6.07) is 2.66. The van der Waals surface area contributed by atoms with E-state index in [0.29, 0.717) is 12.4 Å². The van der Waals surface area contributed by atoms with Crippen molar-refractivity contribution in [1.29, 1.82) is 0 Å². The molecule has 1 atom stereocenters. The molecule has 0 radical (unpaired) electrons. The zero-order chi connectivity index (χ0) is 19.4. The highest BCUT2D eigenvalue weighted by molar-refractivity contribution is 5.50. The largest absolute Gasteiger partial charge is 0.481 e. The molecule has 2 aromatic heterocycles. The predicted molar refractivity (Wildman–Crippen MR) is 94.0 cm³/mol. The van der Waals surface area contributed by atoms with Crippen LogP contribution in [0.4, 0.5) is 30.8 Å². The number of nitrogens with zero attached hydrogens (tertiary/aromatic N) is 5. The van der Waals surface area contributed by atoms with E-state index in [1.54, 1.807) is 7.05 Å². The second kappa shape index (κ2) is 7.80. The van der Waals surface area contributed by atoms with Crippen LogP contribution in [0.25, 0.3) is 0 Å². The second-order valence-corrected chi connectivity index (χ2v) is 6.00. The zero-order valence-corrected chi connectivity index (χ0v) is 14.9. The number of hydrogen-bond acceptors (Lipinski definition) is 8. The topological polar surface area (TPSA) is 88.1 Å². The molecule has 0 spiro atoms. The Morgan fingerprint density at radius 2 is 2.07 bits per heavy atom. The molecule has 0 amide bonds. The highest BCUT2D eigenvalue weighted by atomic mass is 19.4. The predicted octanol–water partition coefficient (Wildman–Crippen LogP) is 2.42. The van der Waals surface area contributed by atoms with E-state index in [1.807, 2.05) is 6.07 Å². The summed E-state index contributed by atoms with van der Waals surface area (Å²) in [7, 11) is 3.03. The molecule has 2 aromatic rings. The van der Waals surface area contributed by atoms with Gasteiger partial charge in [0.25, 0.3) is 0 Å². The van der Waals surface area contributed by atoms with Crippen molar-refractivity contribution in [3.8, 4) is 5.88 Å². The zero-order valence-electron chi connectivity index (χ0n) is 14.9. The average Bonchev–Trinajstić information content (AvgIpc) is 3.14. The lowest BCUT2D eigenvalue weighted by molar-refractivity contribution is -0.141. The molecule has 11 heteroatoms. The van der Waals surface area contributed by atoms with E-state index in [4.69, 9.17) is 4.74 Å².